The van der Waals surface area contributed by atoms with Crippen molar-refractivity contribution < 1.29 is 46.8 Å². The summed E-state index contributed by atoms with van der Waals surface area (Å²) in [6.07, 6.45) is -4.21. The molecule has 1 aliphatic carbocycles. The van der Waals surface area contributed by atoms with E-state index < -0.39 is 12.1 Å². The normalized spacial score (nSPS) is 16.0. The third-order valence-corrected chi connectivity index (χ3v) is 6.33. The van der Waals surface area contributed by atoms with Gasteiger partial charge in [0.15, 0.2) is 0 Å². The second-order valence-electron chi connectivity index (χ2n) is 8.41. The van der Waals surface area contributed by atoms with Crippen LogP contribution in [0.4, 0.5) is 13.2 Å². The Balaban J connectivity index is 0.000000505. The van der Waals surface area contributed by atoms with Gasteiger partial charge in [0.05, 0.1) is 35.5 Å². The number of methoxy groups -OCH3 is 5. The summed E-state index contributed by atoms with van der Waals surface area (Å²) >= 11 is 0. The molecule has 0 saturated heterocycles. The Morgan fingerprint density at radius 1 is 0.737 bits per heavy atom. The SMILES string of the molecule is COc1ccc(C2Cc3cc(OC)cc(OC)c3[C@@H]2c2cc(OC)cc(OC)c2)cc1.O=C(O)C(F)(F)F. The summed E-state index contributed by atoms with van der Waals surface area (Å²) < 4.78 is 59.6. The number of carboxylic acids is 1. The molecule has 4 rings (SSSR count). The van der Waals surface area contributed by atoms with Crippen LogP contribution in [0, 0.1) is 0 Å². The van der Waals surface area contributed by atoms with Gasteiger partial charge in [-0.25, -0.2) is 4.79 Å². The molecule has 3 aromatic carbocycles. The number of alkyl halides is 3. The van der Waals surface area contributed by atoms with E-state index in [1.165, 1.54) is 16.7 Å². The van der Waals surface area contributed by atoms with Gasteiger partial charge in [0, 0.05) is 23.6 Å². The zero-order chi connectivity index (χ0) is 28.0. The van der Waals surface area contributed by atoms with E-state index in [0.29, 0.717) is 0 Å². The van der Waals surface area contributed by atoms with Crippen molar-refractivity contribution in [2.75, 3.05) is 35.5 Å². The first-order valence-electron chi connectivity index (χ1n) is 11.5. The number of carbonyl (C=O) groups is 1. The Morgan fingerprint density at radius 2 is 1.24 bits per heavy atom. The predicted molar refractivity (Wildman–Crippen MR) is 134 cm³/mol. The van der Waals surface area contributed by atoms with Crippen molar-refractivity contribution in [2.24, 2.45) is 0 Å². The van der Waals surface area contributed by atoms with Crippen molar-refractivity contribution in [1.29, 1.82) is 0 Å². The van der Waals surface area contributed by atoms with Gasteiger partial charge in [0.25, 0.3) is 0 Å². The lowest BCUT2D eigenvalue weighted by molar-refractivity contribution is -0.192. The second kappa shape index (κ2) is 12.0. The lowest BCUT2D eigenvalue weighted by atomic mass is 9.81. The van der Waals surface area contributed by atoms with Gasteiger partial charge >= 0.3 is 12.1 Å². The highest BCUT2D eigenvalue weighted by atomic mass is 19.4. The number of fused-ring (bicyclic) bond motifs is 1. The third kappa shape index (κ3) is 6.24. The maximum absolute atomic E-state index is 10.6. The van der Waals surface area contributed by atoms with Crippen molar-refractivity contribution in [3.05, 3.63) is 76.9 Å². The van der Waals surface area contributed by atoms with Crippen LogP contribution in [-0.2, 0) is 11.2 Å². The van der Waals surface area contributed by atoms with Crippen molar-refractivity contribution in [3.8, 4) is 28.7 Å². The van der Waals surface area contributed by atoms with Crippen LogP contribution >= 0.6 is 0 Å². The second-order valence-corrected chi connectivity index (χ2v) is 8.41. The van der Waals surface area contributed by atoms with Crippen LogP contribution in [0.15, 0.2) is 54.6 Å². The highest BCUT2D eigenvalue weighted by Gasteiger charge is 2.39. The fraction of sp³-hybridized carbons (Fsp3) is 0.321. The molecule has 0 radical (unpaired) electrons. The summed E-state index contributed by atoms with van der Waals surface area (Å²) in [4.78, 5) is 8.90. The highest BCUT2D eigenvalue weighted by Crippen LogP contribution is 2.53. The number of hydrogen-bond donors (Lipinski definition) is 1. The van der Waals surface area contributed by atoms with E-state index in [2.05, 4.69) is 30.3 Å². The Bertz CT molecular complexity index is 1230. The van der Waals surface area contributed by atoms with Gasteiger partial charge in [-0.05, 0) is 59.4 Å². The van der Waals surface area contributed by atoms with E-state index in [0.717, 1.165) is 40.7 Å². The molecule has 7 nitrogen and oxygen atoms in total. The van der Waals surface area contributed by atoms with E-state index in [-0.39, 0.29) is 11.8 Å². The topological polar surface area (TPSA) is 83.5 Å². The van der Waals surface area contributed by atoms with Crippen LogP contribution in [0.1, 0.15) is 34.1 Å². The van der Waals surface area contributed by atoms with Gasteiger partial charge < -0.3 is 28.8 Å². The van der Waals surface area contributed by atoms with Gasteiger partial charge in [-0.3, -0.25) is 0 Å². The molecule has 1 unspecified atom stereocenters. The minimum Gasteiger partial charge on any atom is -0.497 e. The summed E-state index contributed by atoms with van der Waals surface area (Å²) in [7, 11) is 8.42. The quantitative estimate of drug-likeness (QED) is 0.408. The maximum Gasteiger partial charge on any atom is 0.490 e. The summed E-state index contributed by atoms with van der Waals surface area (Å²) in [5.41, 5.74) is 4.77. The van der Waals surface area contributed by atoms with E-state index in [4.69, 9.17) is 33.6 Å². The largest absolute Gasteiger partial charge is 0.497 e. The average Bonchev–Trinajstić information content (AvgIpc) is 3.31. The van der Waals surface area contributed by atoms with Crippen LogP contribution < -0.4 is 23.7 Å². The molecule has 0 amide bonds. The molecular formula is C28H29F3O7. The monoisotopic (exact) mass is 534 g/mol. The van der Waals surface area contributed by atoms with Gasteiger partial charge in [-0.1, -0.05) is 12.1 Å². The minimum atomic E-state index is -5.08. The number of benzene rings is 3. The zero-order valence-electron chi connectivity index (χ0n) is 21.6. The number of aliphatic carboxylic acids is 1. The molecule has 1 aliphatic rings. The smallest absolute Gasteiger partial charge is 0.490 e. The molecule has 0 saturated carbocycles. The summed E-state index contributed by atoms with van der Waals surface area (Å²) in [6, 6.07) is 18.5. The van der Waals surface area contributed by atoms with Crippen molar-refractivity contribution in [2.45, 2.75) is 24.4 Å². The van der Waals surface area contributed by atoms with E-state index >= 15 is 0 Å². The Kier molecular flexibility index (Phi) is 8.98. The number of hydrogen-bond acceptors (Lipinski definition) is 6. The molecule has 0 aromatic heterocycles. The number of carboxylic acid groups (broad SMARTS) is 1. The molecule has 0 fully saturated rings. The van der Waals surface area contributed by atoms with Gasteiger partial charge in [-0.15, -0.1) is 0 Å². The number of rotatable bonds is 7. The third-order valence-electron chi connectivity index (χ3n) is 6.33. The van der Waals surface area contributed by atoms with Crippen LogP contribution in [0.5, 0.6) is 28.7 Å². The molecular weight excluding hydrogens is 505 g/mol. The van der Waals surface area contributed by atoms with Crippen LogP contribution in [0.25, 0.3) is 0 Å². The fourth-order valence-corrected chi connectivity index (χ4v) is 4.59. The van der Waals surface area contributed by atoms with Crippen molar-refractivity contribution in [3.63, 3.8) is 0 Å². The van der Waals surface area contributed by atoms with Crippen LogP contribution in [0.2, 0.25) is 0 Å². The Hall–Kier alpha value is -4.08. The molecule has 0 aliphatic heterocycles. The van der Waals surface area contributed by atoms with Gasteiger partial charge in [-0.2, -0.15) is 13.2 Å². The first-order valence-corrected chi connectivity index (χ1v) is 11.5. The molecule has 0 heterocycles. The van der Waals surface area contributed by atoms with Crippen LogP contribution in [-0.4, -0.2) is 52.8 Å². The minimum absolute atomic E-state index is 0.0771. The molecule has 1 N–H and O–H groups in total. The standard InChI is InChI=1S/C26H28O5.C2HF3O2/c1-27-19-8-6-16(7-9-19)23-13-18-12-22(30-4)15-24(31-5)26(18)25(23)17-10-20(28-2)14-21(11-17)29-3;3-2(4,5)1(6)7/h6-12,14-15,23,25H,13H2,1-5H3;(H,6,7)/t23?,25-;/m1./s1. The summed E-state index contributed by atoms with van der Waals surface area (Å²) in [5, 5.41) is 7.12. The lowest BCUT2D eigenvalue weighted by Gasteiger charge is -2.24. The molecule has 0 spiro atoms. The molecule has 10 heteroatoms. The molecule has 204 valence electrons. The van der Waals surface area contributed by atoms with Crippen molar-refractivity contribution in [1.82, 2.24) is 0 Å². The first-order chi connectivity index (χ1) is 18.1. The fourth-order valence-electron chi connectivity index (χ4n) is 4.59. The number of ether oxygens (including phenoxy) is 5. The van der Waals surface area contributed by atoms with E-state index in [9.17, 15) is 13.2 Å². The summed E-state index contributed by atoms with van der Waals surface area (Å²) in [6.45, 7) is 0. The average molecular weight is 535 g/mol. The molecule has 38 heavy (non-hydrogen) atoms. The van der Waals surface area contributed by atoms with Gasteiger partial charge in [0.1, 0.15) is 28.7 Å². The molecule has 3 aromatic rings. The Morgan fingerprint density at radius 3 is 1.68 bits per heavy atom. The van der Waals surface area contributed by atoms with E-state index in [1.54, 1.807) is 35.5 Å². The van der Waals surface area contributed by atoms with Crippen molar-refractivity contribution >= 4 is 5.97 Å². The van der Waals surface area contributed by atoms with E-state index in [1.807, 2.05) is 24.3 Å². The first kappa shape index (κ1) is 28.5. The lowest BCUT2D eigenvalue weighted by Crippen LogP contribution is -2.21. The van der Waals surface area contributed by atoms with Gasteiger partial charge in [0.2, 0.25) is 0 Å². The highest BCUT2D eigenvalue weighted by molar-refractivity contribution is 5.73. The molecule has 0 bridgehead atoms. The number of halogens is 3. The summed E-state index contributed by atoms with van der Waals surface area (Å²) in [5.74, 6) is 1.55. The van der Waals surface area contributed by atoms with Crippen LogP contribution in [0.3, 0.4) is 0 Å². The maximum atomic E-state index is 10.6. The zero-order valence-corrected chi connectivity index (χ0v) is 21.6. The molecule has 2 atom stereocenters. The Labute approximate surface area is 218 Å². The predicted octanol–water partition coefficient (Wildman–Crippen LogP) is 5.83.